The van der Waals surface area contributed by atoms with Crippen molar-refractivity contribution >= 4 is 11.9 Å². The summed E-state index contributed by atoms with van der Waals surface area (Å²) in [7, 11) is 0. The van der Waals surface area contributed by atoms with Crippen molar-refractivity contribution in [1.29, 1.82) is 0 Å². The normalized spacial score (nSPS) is 12.4. The maximum absolute atomic E-state index is 12.9. The van der Waals surface area contributed by atoms with Gasteiger partial charge in [0.1, 0.15) is 23.2 Å². The number of carbonyl (C=O) groups is 2. The van der Waals surface area contributed by atoms with Crippen molar-refractivity contribution in [1.82, 2.24) is 5.32 Å². The average molecular weight is 297 g/mol. The van der Waals surface area contributed by atoms with Gasteiger partial charge < -0.3 is 14.8 Å². The van der Waals surface area contributed by atoms with E-state index in [0.29, 0.717) is 0 Å². The number of nitrogens with one attached hydrogen (secondary N) is 1. The molecule has 1 atom stereocenters. The summed E-state index contributed by atoms with van der Waals surface area (Å²) in [6.45, 7) is 6.44. The number of ether oxygens (including phenoxy) is 2. The van der Waals surface area contributed by atoms with Gasteiger partial charge in [0, 0.05) is 6.07 Å². The molecule has 0 bridgehead atoms. The smallest absolute Gasteiger partial charge is 0.328 e. The summed E-state index contributed by atoms with van der Waals surface area (Å²) in [5.41, 5.74) is -0.617. The van der Waals surface area contributed by atoms with Crippen molar-refractivity contribution in [3.05, 3.63) is 30.1 Å². The molecule has 116 valence electrons. The summed E-state index contributed by atoms with van der Waals surface area (Å²) in [6, 6.07) is 4.68. The van der Waals surface area contributed by atoms with E-state index < -0.39 is 29.3 Å². The Kier molecular flexibility index (Phi) is 5.69. The van der Waals surface area contributed by atoms with Gasteiger partial charge in [0.15, 0.2) is 6.61 Å². The molecule has 0 heterocycles. The summed E-state index contributed by atoms with van der Waals surface area (Å²) in [5, 5.41) is 2.45. The van der Waals surface area contributed by atoms with Crippen molar-refractivity contribution in [3.63, 3.8) is 0 Å². The molecule has 0 aliphatic carbocycles. The van der Waals surface area contributed by atoms with Crippen molar-refractivity contribution in [2.75, 3.05) is 6.61 Å². The van der Waals surface area contributed by atoms with E-state index in [1.165, 1.54) is 31.2 Å². The number of hydrogen-bond donors (Lipinski definition) is 1. The lowest BCUT2D eigenvalue weighted by Gasteiger charge is -2.22. The van der Waals surface area contributed by atoms with Gasteiger partial charge in [-0.15, -0.1) is 0 Å². The molecule has 21 heavy (non-hydrogen) atoms. The van der Waals surface area contributed by atoms with E-state index in [2.05, 4.69) is 5.32 Å². The van der Waals surface area contributed by atoms with E-state index in [1.54, 1.807) is 20.8 Å². The summed E-state index contributed by atoms with van der Waals surface area (Å²) >= 11 is 0. The van der Waals surface area contributed by atoms with Gasteiger partial charge >= 0.3 is 5.97 Å². The molecule has 0 aliphatic heterocycles. The molecule has 0 aromatic heterocycles. The predicted molar refractivity (Wildman–Crippen MR) is 75.3 cm³/mol. The van der Waals surface area contributed by atoms with Gasteiger partial charge in [0.2, 0.25) is 0 Å². The van der Waals surface area contributed by atoms with Crippen molar-refractivity contribution in [2.24, 2.45) is 0 Å². The number of benzene rings is 1. The lowest BCUT2D eigenvalue weighted by Crippen LogP contribution is -2.43. The molecule has 0 unspecified atom stereocenters. The third-order valence-electron chi connectivity index (χ3n) is 2.30. The zero-order chi connectivity index (χ0) is 16.0. The maximum Gasteiger partial charge on any atom is 0.328 e. The fraction of sp³-hybridized carbons (Fsp3) is 0.467. The summed E-state index contributed by atoms with van der Waals surface area (Å²) in [6.07, 6.45) is 0. The van der Waals surface area contributed by atoms with Crippen LogP contribution in [-0.4, -0.2) is 30.1 Å². The molecule has 1 rings (SSSR count). The summed E-state index contributed by atoms with van der Waals surface area (Å²) in [5.74, 6) is -1.22. The Hall–Kier alpha value is -2.11. The molecule has 0 fully saturated rings. The average Bonchev–Trinajstić information content (AvgIpc) is 2.34. The fourth-order valence-corrected chi connectivity index (χ4v) is 1.44. The quantitative estimate of drug-likeness (QED) is 0.845. The van der Waals surface area contributed by atoms with E-state index in [0.717, 1.165) is 0 Å². The third kappa shape index (κ3) is 6.74. The highest BCUT2D eigenvalue weighted by atomic mass is 19.1. The van der Waals surface area contributed by atoms with Gasteiger partial charge in [0.25, 0.3) is 5.91 Å². The first-order valence-corrected chi connectivity index (χ1v) is 6.58. The predicted octanol–water partition coefficient (Wildman–Crippen LogP) is 2.05. The molecular formula is C15H20FNO4. The summed E-state index contributed by atoms with van der Waals surface area (Å²) in [4.78, 5) is 23.3. The number of halogens is 1. The molecule has 5 nitrogen and oxygen atoms in total. The number of carbonyl (C=O) groups excluding carboxylic acids is 2. The van der Waals surface area contributed by atoms with Gasteiger partial charge in [0.05, 0.1) is 0 Å². The minimum atomic E-state index is -0.784. The number of amides is 1. The van der Waals surface area contributed by atoms with E-state index in [-0.39, 0.29) is 12.4 Å². The van der Waals surface area contributed by atoms with Crippen LogP contribution in [0, 0.1) is 5.82 Å². The molecule has 1 aromatic rings. The Bertz CT molecular complexity index is 511. The first kappa shape index (κ1) is 16.9. The molecule has 0 saturated heterocycles. The minimum Gasteiger partial charge on any atom is -0.484 e. The van der Waals surface area contributed by atoms with E-state index in [1.807, 2.05) is 0 Å². The molecule has 1 aromatic carbocycles. The fourth-order valence-electron chi connectivity index (χ4n) is 1.44. The summed E-state index contributed by atoms with van der Waals surface area (Å²) < 4.78 is 23.2. The van der Waals surface area contributed by atoms with Crippen LogP contribution in [0.2, 0.25) is 0 Å². The zero-order valence-electron chi connectivity index (χ0n) is 12.6. The molecule has 1 amide bonds. The Labute approximate surface area is 123 Å². The van der Waals surface area contributed by atoms with Crippen LogP contribution in [-0.2, 0) is 14.3 Å². The topological polar surface area (TPSA) is 64.6 Å². The second-order valence-corrected chi connectivity index (χ2v) is 5.57. The van der Waals surface area contributed by atoms with E-state index in [4.69, 9.17) is 9.47 Å². The second-order valence-electron chi connectivity index (χ2n) is 5.57. The van der Waals surface area contributed by atoms with Crippen molar-refractivity contribution < 1.29 is 23.5 Å². The largest absolute Gasteiger partial charge is 0.484 e. The van der Waals surface area contributed by atoms with Crippen LogP contribution in [0.5, 0.6) is 5.75 Å². The molecule has 0 radical (unpaired) electrons. The van der Waals surface area contributed by atoms with Crippen LogP contribution in [0.1, 0.15) is 27.7 Å². The monoisotopic (exact) mass is 297 g/mol. The van der Waals surface area contributed by atoms with Crippen molar-refractivity contribution in [3.8, 4) is 5.75 Å². The minimum absolute atomic E-state index is 0.245. The van der Waals surface area contributed by atoms with Crippen LogP contribution >= 0.6 is 0 Å². The second kappa shape index (κ2) is 7.06. The standard InChI is InChI=1S/C15H20FNO4/c1-10(14(19)21-15(2,3)4)17-13(18)9-20-12-7-5-6-11(16)8-12/h5-8,10H,9H2,1-4H3,(H,17,18)/t10-/m0/s1. The molecule has 0 spiro atoms. The number of esters is 1. The number of hydrogen-bond acceptors (Lipinski definition) is 4. The Morgan fingerprint density at radius 1 is 1.33 bits per heavy atom. The molecule has 1 N–H and O–H groups in total. The van der Waals surface area contributed by atoms with Gasteiger partial charge in [-0.1, -0.05) is 6.07 Å². The highest BCUT2D eigenvalue weighted by molar-refractivity contribution is 5.85. The van der Waals surface area contributed by atoms with Crippen LogP contribution in [0.15, 0.2) is 24.3 Å². The van der Waals surface area contributed by atoms with Crippen LogP contribution in [0.25, 0.3) is 0 Å². The van der Waals surface area contributed by atoms with Gasteiger partial charge in [-0.2, -0.15) is 0 Å². The SMILES string of the molecule is C[C@H](NC(=O)COc1cccc(F)c1)C(=O)OC(C)(C)C. The van der Waals surface area contributed by atoms with Crippen LogP contribution < -0.4 is 10.1 Å². The first-order chi connectivity index (χ1) is 9.67. The van der Waals surface area contributed by atoms with Crippen LogP contribution in [0.3, 0.4) is 0 Å². The van der Waals surface area contributed by atoms with Gasteiger partial charge in [-0.25, -0.2) is 9.18 Å². The third-order valence-corrected chi connectivity index (χ3v) is 2.30. The first-order valence-electron chi connectivity index (χ1n) is 6.58. The van der Waals surface area contributed by atoms with Crippen LogP contribution in [0.4, 0.5) is 4.39 Å². The number of rotatable bonds is 5. The van der Waals surface area contributed by atoms with Gasteiger partial charge in [-0.3, -0.25) is 4.79 Å². The zero-order valence-corrected chi connectivity index (χ0v) is 12.6. The lowest BCUT2D eigenvalue weighted by atomic mass is 10.2. The molecule has 0 aliphatic rings. The van der Waals surface area contributed by atoms with E-state index in [9.17, 15) is 14.0 Å². The van der Waals surface area contributed by atoms with Crippen molar-refractivity contribution in [2.45, 2.75) is 39.3 Å². The van der Waals surface area contributed by atoms with E-state index >= 15 is 0 Å². The highest BCUT2D eigenvalue weighted by Gasteiger charge is 2.22. The molecule has 0 saturated carbocycles. The highest BCUT2D eigenvalue weighted by Crippen LogP contribution is 2.11. The molecule has 6 heteroatoms. The Balaban J connectivity index is 2.41. The Morgan fingerprint density at radius 2 is 2.00 bits per heavy atom. The maximum atomic E-state index is 12.9. The Morgan fingerprint density at radius 3 is 2.57 bits per heavy atom. The molecular weight excluding hydrogens is 277 g/mol. The van der Waals surface area contributed by atoms with Gasteiger partial charge in [-0.05, 0) is 39.8 Å². The lowest BCUT2D eigenvalue weighted by molar-refractivity contribution is -0.158.